The van der Waals surface area contributed by atoms with Crippen LogP contribution in [0.2, 0.25) is 0 Å². The Hall–Kier alpha value is -2.24. The normalized spacial score (nSPS) is 11.2. The van der Waals surface area contributed by atoms with Gasteiger partial charge < -0.3 is 0 Å². The third-order valence-electron chi connectivity index (χ3n) is 2.98. The van der Waals surface area contributed by atoms with Crippen LogP contribution in [0.4, 0.5) is 0 Å². The highest BCUT2D eigenvalue weighted by atomic mass is 32.2. The van der Waals surface area contributed by atoms with E-state index in [1.165, 1.54) is 24.5 Å². The molecule has 110 valence electrons. The van der Waals surface area contributed by atoms with Crippen molar-refractivity contribution < 1.29 is 8.42 Å². The summed E-state index contributed by atoms with van der Waals surface area (Å²) >= 11 is 0. The number of hydrogen-bond acceptors (Lipinski definition) is 5. The number of aryl methyl sites for hydroxylation is 2. The van der Waals surface area contributed by atoms with E-state index in [9.17, 15) is 8.42 Å². The molecule has 0 amide bonds. The molecule has 0 aliphatic carbocycles. The number of aromatic nitrogens is 3. The van der Waals surface area contributed by atoms with E-state index >= 15 is 0 Å². The molecule has 1 aromatic heterocycles. The predicted octanol–water partition coefficient (Wildman–Crippen LogP) is 0.896. The number of hydrogen-bond donors (Lipinski definition) is 2. The van der Waals surface area contributed by atoms with Gasteiger partial charge in [-0.2, -0.15) is 10.4 Å². The quantitative estimate of drug-likeness (QED) is 0.770. The van der Waals surface area contributed by atoms with E-state index in [1.54, 1.807) is 6.92 Å². The Labute approximate surface area is 123 Å². The van der Waals surface area contributed by atoms with Crippen molar-refractivity contribution >= 4 is 10.0 Å². The molecule has 0 bridgehead atoms. The topological polar surface area (TPSA) is 112 Å². The summed E-state index contributed by atoms with van der Waals surface area (Å²) in [6.45, 7) is 2.02. The summed E-state index contributed by atoms with van der Waals surface area (Å²) in [6, 6.07) is 6.45. The zero-order valence-corrected chi connectivity index (χ0v) is 12.3. The van der Waals surface area contributed by atoms with Gasteiger partial charge in [-0.15, -0.1) is 0 Å². The Kier molecular flexibility index (Phi) is 4.67. The van der Waals surface area contributed by atoms with E-state index in [0.29, 0.717) is 30.5 Å². The van der Waals surface area contributed by atoms with Crippen LogP contribution in [-0.2, 0) is 16.4 Å². The number of aromatic amines is 1. The van der Waals surface area contributed by atoms with Gasteiger partial charge in [0.15, 0.2) is 0 Å². The van der Waals surface area contributed by atoms with E-state index in [2.05, 4.69) is 19.9 Å². The number of sulfonamides is 1. The van der Waals surface area contributed by atoms with Gasteiger partial charge in [-0.3, -0.25) is 5.10 Å². The van der Waals surface area contributed by atoms with Crippen molar-refractivity contribution in [3.05, 3.63) is 41.5 Å². The molecule has 0 fully saturated rings. The third-order valence-corrected chi connectivity index (χ3v) is 4.43. The highest BCUT2D eigenvalue weighted by Gasteiger charge is 2.14. The van der Waals surface area contributed by atoms with Crippen LogP contribution in [0.3, 0.4) is 0 Å². The first kappa shape index (κ1) is 15.2. The number of rotatable bonds is 6. The molecule has 0 saturated heterocycles. The maximum atomic E-state index is 12.1. The van der Waals surface area contributed by atoms with E-state index in [1.807, 2.05) is 6.07 Å². The summed E-state index contributed by atoms with van der Waals surface area (Å²) in [7, 11) is -3.55. The summed E-state index contributed by atoms with van der Waals surface area (Å²) in [5.41, 5.74) is 1.11. The Bertz CT molecular complexity index is 747. The Morgan fingerprint density at radius 3 is 2.86 bits per heavy atom. The molecule has 0 radical (unpaired) electrons. The van der Waals surface area contributed by atoms with Gasteiger partial charge >= 0.3 is 0 Å². The van der Waals surface area contributed by atoms with Gasteiger partial charge in [0.25, 0.3) is 0 Å². The second kappa shape index (κ2) is 6.47. The highest BCUT2D eigenvalue weighted by Crippen LogP contribution is 2.14. The number of nitriles is 1. The minimum Gasteiger partial charge on any atom is -0.263 e. The van der Waals surface area contributed by atoms with Crippen molar-refractivity contribution in [2.75, 3.05) is 6.54 Å². The maximum Gasteiger partial charge on any atom is 0.240 e. The van der Waals surface area contributed by atoms with Crippen molar-refractivity contribution in [1.82, 2.24) is 19.9 Å². The molecular weight excluding hydrogens is 290 g/mol. The van der Waals surface area contributed by atoms with Gasteiger partial charge in [0.05, 0.1) is 16.5 Å². The smallest absolute Gasteiger partial charge is 0.240 e. The SMILES string of the molecule is Cc1cc(S(=O)(=O)NCCCc2ncn[nH]2)ccc1C#N. The molecule has 8 heteroatoms. The second-order valence-corrected chi connectivity index (χ2v) is 6.29. The third kappa shape index (κ3) is 3.87. The fourth-order valence-corrected chi connectivity index (χ4v) is 2.98. The molecule has 1 aromatic carbocycles. The molecule has 0 spiro atoms. The summed E-state index contributed by atoms with van der Waals surface area (Å²) in [5.74, 6) is 0.725. The molecule has 2 aromatic rings. The van der Waals surface area contributed by atoms with Crippen molar-refractivity contribution in [2.24, 2.45) is 0 Å². The fraction of sp³-hybridized carbons (Fsp3) is 0.308. The first-order chi connectivity index (χ1) is 10.0. The van der Waals surface area contributed by atoms with Gasteiger partial charge in [-0.1, -0.05) is 0 Å². The molecule has 1 heterocycles. The first-order valence-electron chi connectivity index (χ1n) is 6.37. The summed E-state index contributed by atoms with van der Waals surface area (Å²) < 4.78 is 26.8. The monoisotopic (exact) mass is 305 g/mol. The minimum atomic E-state index is -3.55. The molecule has 0 aliphatic heterocycles. The van der Waals surface area contributed by atoms with Crippen LogP contribution < -0.4 is 4.72 Å². The Morgan fingerprint density at radius 2 is 2.24 bits per heavy atom. The molecule has 2 rings (SSSR count). The van der Waals surface area contributed by atoms with Crippen LogP contribution in [0.1, 0.15) is 23.4 Å². The first-order valence-corrected chi connectivity index (χ1v) is 7.86. The van der Waals surface area contributed by atoms with Gasteiger partial charge in [0.1, 0.15) is 12.2 Å². The van der Waals surface area contributed by atoms with Crippen molar-refractivity contribution in [1.29, 1.82) is 5.26 Å². The lowest BCUT2D eigenvalue weighted by Gasteiger charge is -2.07. The molecule has 0 saturated carbocycles. The fourth-order valence-electron chi connectivity index (χ4n) is 1.83. The lowest BCUT2D eigenvalue weighted by Crippen LogP contribution is -2.25. The summed E-state index contributed by atoms with van der Waals surface area (Å²) in [5, 5.41) is 15.3. The maximum absolute atomic E-state index is 12.1. The Balaban J connectivity index is 1.95. The second-order valence-electron chi connectivity index (χ2n) is 4.52. The molecular formula is C13H15N5O2S. The average Bonchev–Trinajstić information content (AvgIpc) is 2.97. The van der Waals surface area contributed by atoms with Gasteiger partial charge in [-0.25, -0.2) is 18.1 Å². The molecule has 2 N–H and O–H groups in total. The highest BCUT2D eigenvalue weighted by molar-refractivity contribution is 7.89. The molecule has 0 atom stereocenters. The van der Waals surface area contributed by atoms with Crippen molar-refractivity contribution in [3.63, 3.8) is 0 Å². The van der Waals surface area contributed by atoms with Gasteiger partial charge in [0, 0.05) is 13.0 Å². The molecule has 0 aliphatic rings. The van der Waals surface area contributed by atoms with Crippen LogP contribution in [-0.4, -0.2) is 30.1 Å². The number of nitrogens with zero attached hydrogens (tertiary/aromatic N) is 3. The summed E-state index contributed by atoms with van der Waals surface area (Å²) in [6.07, 6.45) is 2.65. The van der Waals surface area contributed by atoms with Crippen LogP contribution in [0.25, 0.3) is 0 Å². The lowest BCUT2D eigenvalue weighted by atomic mass is 10.1. The minimum absolute atomic E-state index is 0.165. The molecule has 7 nitrogen and oxygen atoms in total. The average molecular weight is 305 g/mol. The zero-order chi connectivity index (χ0) is 15.3. The van der Waals surface area contributed by atoms with Crippen molar-refractivity contribution in [2.45, 2.75) is 24.7 Å². The van der Waals surface area contributed by atoms with Gasteiger partial charge in [0.2, 0.25) is 10.0 Å². The zero-order valence-electron chi connectivity index (χ0n) is 11.5. The molecule has 0 unspecified atom stereocenters. The number of benzene rings is 1. The lowest BCUT2D eigenvalue weighted by molar-refractivity contribution is 0.578. The van der Waals surface area contributed by atoms with Crippen LogP contribution in [0.5, 0.6) is 0 Å². The summed E-state index contributed by atoms with van der Waals surface area (Å²) in [4.78, 5) is 4.13. The van der Waals surface area contributed by atoms with E-state index in [-0.39, 0.29) is 4.90 Å². The predicted molar refractivity (Wildman–Crippen MR) is 75.8 cm³/mol. The van der Waals surface area contributed by atoms with E-state index < -0.39 is 10.0 Å². The number of nitrogens with one attached hydrogen (secondary N) is 2. The van der Waals surface area contributed by atoms with Crippen LogP contribution >= 0.6 is 0 Å². The van der Waals surface area contributed by atoms with E-state index in [4.69, 9.17) is 5.26 Å². The van der Waals surface area contributed by atoms with Gasteiger partial charge in [-0.05, 0) is 37.1 Å². The largest absolute Gasteiger partial charge is 0.263 e. The van der Waals surface area contributed by atoms with E-state index in [0.717, 1.165) is 5.82 Å². The number of H-pyrrole nitrogens is 1. The standard InChI is InChI=1S/C13H15N5O2S/c1-10-7-12(5-4-11(10)8-14)21(19,20)17-6-2-3-13-15-9-16-18-13/h4-5,7,9,17H,2-3,6H2,1H3,(H,15,16,18). The molecule has 21 heavy (non-hydrogen) atoms. The van der Waals surface area contributed by atoms with Crippen molar-refractivity contribution in [3.8, 4) is 6.07 Å². The Morgan fingerprint density at radius 1 is 1.43 bits per heavy atom. The van der Waals surface area contributed by atoms with Crippen LogP contribution in [0, 0.1) is 18.3 Å². The van der Waals surface area contributed by atoms with Crippen LogP contribution in [0.15, 0.2) is 29.4 Å².